The van der Waals surface area contributed by atoms with Gasteiger partial charge in [0.25, 0.3) is 0 Å². The van der Waals surface area contributed by atoms with Crippen molar-refractivity contribution in [3.63, 3.8) is 0 Å². The molecule has 1 aliphatic rings. The topological polar surface area (TPSA) is 41.3 Å². The van der Waals surface area contributed by atoms with Crippen molar-refractivity contribution in [2.45, 2.75) is 46.1 Å². The Kier molecular flexibility index (Phi) is 6.47. The van der Waals surface area contributed by atoms with Gasteiger partial charge in [0.05, 0.1) is 0 Å². The van der Waals surface area contributed by atoms with Crippen LogP contribution in [0.15, 0.2) is 35.8 Å². The van der Waals surface area contributed by atoms with Crippen molar-refractivity contribution in [2.75, 3.05) is 13.1 Å². The molecule has 1 fully saturated rings. The number of likely N-dealkylation sites (tertiary alicyclic amines) is 1. The summed E-state index contributed by atoms with van der Waals surface area (Å²) < 4.78 is 0. The Bertz CT molecular complexity index is 376. The van der Waals surface area contributed by atoms with Crippen LogP contribution in [0.5, 0.6) is 0 Å². The Morgan fingerprint density at radius 1 is 1.50 bits per heavy atom. The fourth-order valence-corrected chi connectivity index (χ4v) is 2.53. The standard InChI is InChI=1S/C16H28ClN3/c1-5-19-12-14-7-6-10-20(14)13(11-15(17)18)8-9-16(2,3)4/h5,8,11,14,19H,1,6-7,9-10,12,18H2,2-4H3/b13-8-,15-11-. The molecule has 1 atom stereocenters. The second-order valence-corrected chi connectivity index (χ2v) is 6.96. The largest absolute Gasteiger partial charge is 0.389 e. The first-order valence-corrected chi connectivity index (χ1v) is 7.65. The number of nitrogens with one attached hydrogen (secondary N) is 1. The summed E-state index contributed by atoms with van der Waals surface area (Å²) in [4.78, 5) is 2.40. The molecule has 0 saturated carbocycles. The normalized spacial score (nSPS) is 21.2. The highest BCUT2D eigenvalue weighted by Gasteiger charge is 2.25. The number of nitrogens with two attached hydrogens (primary N) is 1. The molecule has 3 N–H and O–H groups in total. The van der Waals surface area contributed by atoms with Gasteiger partial charge in [-0.15, -0.1) is 0 Å². The van der Waals surface area contributed by atoms with E-state index in [0.717, 1.165) is 25.2 Å². The third kappa shape index (κ3) is 5.91. The van der Waals surface area contributed by atoms with E-state index in [-0.39, 0.29) is 5.41 Å². The van der Waals surface area contributed by atoms with Crippen LogP contribution in [0.3, 0.4) is 0 Å². The van der Waals surface area contributed by atoms with Gasteiger partial charge in [0, 0.05) is 24.8 Å². The summed E-state index contributed by atoms with van der Waals surface area (Å²) in [6, 6.07) is 0.478. The van der Waals surface area contributed by atoms with Crippen LogP contribution in [0, 0.1) is 5.41 Å². The zero-order chi connectivity index (χ0) is 15.2. The van der Waals surface area contributed by atoms with Gasteiger partial charge in [-0.05, 0) is 37.0 Å². The molecule has 1 aliphatic heterocycles. The number of halogens is 1. The van der Waals surface area contributed by atoms with Gasteiger partial charge in [-0.2, -0.15) is 0 Å². The second-order valence-electron chi connectivity index (χ2n) is 6.52. The highest BCUT2D eigenvalue weighted by molar-refractivity contribution is 6.29. The minimum Gasteiger partial charge on any atom is -0.389 e. The van der Waals surface area contributed by atoms with Gasteiger partial charge in [-0.1, -0.05) is 45.0 Å². The van der Waals surface area contributed by atoms with Gasteiger partial charge in [-0.25, -0.2) is 0 Å². The Morgan fingerprint density at radius 3 is 2.75 bits per heavy atom. The lowest BCUT2D eigenvalue weighted by atomic mass is 9.92. The third-order valence-corrected chi connectivity index (χ3v) is 3.53. The summed E-state index contributed by atoms with van der Waals surface area (Å²) >= 11 is 5.89. The molecule has 0 aromatic carbocycles. The average molecular weight is 298 g/mol. The fourth-order valence-electron chi connectivity index (χ4n) is 2.42. The number of hydrogen-bond acceptors (Lipinski definition) is 3. The molecular weight excluding hydrogens is 270 g/mol. The molecule has 3 nitrogen and oxygen atoms in total. The van der Waals surface area contributed by atoms with Crippen molar-refractivity contribution < 1.29 is 0 Å². The van der Waals surface area contributed by atoms with Crippen LogP contribution in [0.1, 0.15) is 40.0 Å². The maximum absolute atomic E-state index is 5.89. The number of allylic oxidation sites excluding steroid dienone is 2. The molecule has 0 radical (unpaired) electrons. The summed E-state index contributed by atoms with van der Waals surface area (Å²) in [6.07, 6.45) is 9.26. The van der Waals surface area contributed by atoms with E-state index in [4.69, 9.17) is 17.3 Å². The molecule has 114 valence electrons. The quantitative estimate of drug-likeness (QED) is 0.582. The minimum atomic E-state index is 0.259. The zero-order valence-electron chi connectivity index (χ0n) is 13.0. The summed E-state index contributed by atoms with van der Waals surface area (Å²) in [6.45, 7) is 12.4. The van der Waals surface area contributed by atoms with Crippen molar-refractivity contribution in [1.82, 2.24) is 10.2 Å². The van der Waals surface area contributed by atoms with Crippen molar-refractivity contribution >= 4 is 11.6 Å². The molecule has 4 heteroatoms. The highest BCUT2D eigenvalue weighted by Crippen LogP contribution is 2.26. The summed E-state index contributed by atoms with van der Waals surface area (Å²) in [5.41, 5.74) is 7.07. The molecular formula is C16H28ClN3. The van der Waals surface area contributed by atoms with Crippen molar-refractivity contribution in [1.29, 1.82) is 0 Å². The van der Waals surface area contributed by atoms with Crippen LogP contribution in [0.4, 0.5) is 0 Å². The van der Waals surface area contributed by atoms with E-state index in [1.54, 1.807) is 6.20 Å². The third-order valence-electron chi connectivity index (χ3n) is 3.42. The lowest BCUT2D eigenvalue weighted by Gasteiger charge is -2.29. The maximum atomic E-state index is 5.89. The maximum Gasteiger partial charge on any atom is 0.101 e. The van der Waals surface area contributed by atoms with E-state index >= 15 is 0 Å². The predicted molar refractivity (Wildman–Crippen MR) is 88.2 cm³/mol. The average Bonchev–Trinajstić information content (AvgIpc) is 2.78. The fraction of sp³-hybridized carbons (Fsp3) is 0.625. The lowest BCUT2D eigenvalue weighted by molar-refractivity contribution is 0.321. The van der Waals surface area contributed by atoms with Gasteiger partial charge in [0.1, 0.15) is 5.16 Å². The minimum absolute atomic E-state index is 0.259. The van der Waals surface area contributed by atoms with Crippen molar-refractivity contribution in [3.8, 4) is 0 Å². The number of hydrogen-bond donors (Lipinski definition) is 2. The van der Waals surface area contributed by atoms with E-state index < -0.39 is 0 Å². The first kappa shape index (κ1) is 17.0. The van der Waals surface area contributed by atoms with Gasteiger partial charge in [-0.3, -0.25) is 0 Å². The van der Waals surface area contributed by atoms with Crippen LogP contribution in [0.2, 0.25) is 0 Å². The number of rotatable bonds is 6. The van der Waals surface area contributed by atoms with E-state index in [9.17, 15) is 0 Å². The van der Waals surface area contributed by atoms with E-state index in [2.05, 4.69) is 43.6 Å². The van der Waals surface area contributed by atoms with Crippen LogP contribution >= 0.6 is 11.6 Å². The molecule has 1 saturated heterocycles. The molecule has 20 heavy (non-hydrogen) atoms. The molecule has 0 aromatic heterocycles. The number of nitrogens with zero attached hydrogens (tertiary/aromatic N) is 1. The molecule has 0 spiro atoms. The Morgan fingerprint density at radius 2 is 2.20 bits per heavy atom. The monoisotopic (exact) mass is 297 g/mol. The van der Waals surface area contributed by atoms with Gasteiger partial charge >= 0.3 is 0 Å². The van der Waals surface area contributed by atoms with Crippen LogP contribution in [-0.4, -0.2) is 24.0 Å². The molecule has 1 rings (SSSR count). The van der Waals surface area contributed by atoms with E-state index in [1.807, 2.05) is 6.08 Å². The summed E-state index contributed by atoms with van der Waals surface area (Å²) in [7, 11) is 0. The molecule has 1 unspecified atom stereocenters. The van der Waals surface area contributed by atoms with Gasteiger partial charge in [0.15, 0.2) is 0 Å². The Labute approximate surface area is 128 Å². The first-order valence-electron chi connectivity index (χ1n) is 7.27. The zero-order valence-corrected chi connectivity index (χ0v) is 13.7. The van der Waals surface area contributed by atoms with Crippen LogP contribution in [-0.2, 0) is 0 Å². The molecule has 0 amide bonds. The lowest BCUT2D eigenvalue weighted by Crippen LogP contribution is -2.35. The summed E-state index contributed by atoms with van der Waals surface area (Å²) in [5, 5.41) is 3.55. The molecule has 1 heterocycles. The Hall–Kier alpha value is -1.09. The molecule has 0 bridgehead atoms. The first-order chi connectivity index (χ1) is 9.33. The Balaban J connectivity index is 2.86. The smallest absolute Gasteiger partial charge is 0.101 e. The van der Waals surface area contributed by atoms with Gasteiger partial charge < -0.3 is 16.0 Å². The molecule has 0 aromatic rings. The van der Waals surface area contributed by atoms with Crippen LogP contribution in [0.25, 0.3) is 0 Å². The highest BCUT2D eigenvalue weighted by atomic mass is 35.5. The molecule has 0 aliphatic carbocycles. The SMILES string of the molecule is C=CNCC1CCCN1C(=C\CC(C)(C)C)/C=C(\N)Cl. The predicted octanol–water partition coefficient (Wildman–Crippen LogP) is 3.54. The van der Waals surface area contributed by atoms with Crippen LogP contribution < -0.4 is 11.1 Å². The summed E-state index contributed by atoms with van der Waals surface area (Å²) in [5.74, 6) is 0. The van der Waals surface area contributed by atoms with Gasteiger partial charge in [0.2, 0.25) is 0 Å². The van der Waals surface area contributed by atoms with Crippen molar-refractivity contribution in [3.05, 3.63) is 35.8 Å². The van der Waals surface area contributed by atoms with E-state index in [0.29, 0.717) is 11.2 Å². The van der Waals surface area contributed by atoms with E-state index in [1.165, 1.54) is 12.8 Å². The van der Waals surface area contributed by atoms with Crippen molar-refractivity contribution in [2.24, 2.45) is 11.1 Å². The second kappa shape index (κ2) is 7.63.